The predicted octanol–water partition coefficient (Wildman–Crippen LogP) is 2.55. The van der Waals surface area contributed by atoms with E-state index in [2.05, 4.69) is 10.3 Å². The largest absolute Gasteiger partial charge is 0.497 e. The average molecular weight is 276 g/mol. The summed E-state index contributed by atoms with van der Waals surface area (Å²) < 4.78 is 24.0. The second-order valence-electron chi connectivity index (χ2n) is 4.27. The average Bonchev–Trinajstić information content (AvgIpc) is 2.48. The second kappa shape index (κ2) is 6.34. The molecular formula is C15H17FN2O2. The molecule has 1 aromatic heterocycles. The van der Waals surface area contributed by atoms with Gasteiger partial charge in [0, 0.05) is 11.8 Å². The van der Waals surface area contributed by atoms with Crippen molar-refractivity contribution >= 4 is 0 Å². The first-order chi connectivity index (χ1) is 9.69. The Morgan fingerprint density at radius 3 is 2.55 bits per heavy atom. The molecule has 1 heterocycles. The summed E-state index contributed by atoms with van der Waals surface area (Å²) in [6, 6.07) is 6.73. The van der Waals surface area contributed by atoms with Crippen LogP contribution in [0.5, 0.6) is 11.5 Å². The number of benzene rings is 1. The molecule has 0 bridgehead atoms. The van der Waals surface area contributed by atoms with Gasteiger partial charge in [0.1, 0.15) is 17.3 Å². The molecule has 1 aromatic carbocycles. The van der Waals surface area contributed by atoms with Gasteiger partial charge in [-0.1, -0.05) is 0 Å². The van der Waals surface area contributed by atoms with Gasteiger partial charge in [-0.3, -0.25) is 4.98 Å². The van der Waals surface area contributed by atoms with E-state index in [4.69, 9.17) is 9.47 Å². The zero-order valence-electron chi connectivity index (χ0n) is 11.7. The number of aromatic nitrogens is 1. The highest BCUT2D eigenvalue weighted by molar-refractivity contribution is 5.45. The maximum Gasteiger partial charge on any atom is 0.141 e. The Kier molecular flexibility index (Phi) is 4.53. The lowest BCUT2D eigenvalue weighted by molar-refractivity contribution is 0.395. The smallest absolute Gasteiger partial charge is 0.141 e. The molecule has 0 saturated heterocycles. The molecule has 0 radical (unpaired) electrons. The first-order valence-electron chi connectivity index (χ1n) is 6.19. The van der Waals surface area contributed by atoms with Crippen LogP contribution in [0.1, 0.15) is 17.2 Å². The number of hydrogen-bond acceptors (Lipinski definition) is 4. The molecular weight excluding hydrogens is 259 g/mol. The summed E-state index contributed by atoms with van der Waals surface area (Å²) >= 11 is 0. The Hall–Kier alpha value is -2.14. The molecule has 0 fully saturated rings. The van der Waals surface area contributed by atoms with Crippen LogP contribution in [-0.4, -0.2) is 26.3 Å². The molecule has 106 valence electrons. The van der Waals surface area contributed by atoms with E-state index in [9.17, 15) is 4.39 Å². The molecule has 0 spiro atoms. The van der Waals surface area contributed by atoms with Gasteiger partial charge < -0.3 is 14.8 Å². The lowest BCUT2D eigenvalue weighted by atomic mass is 9.99. The fourth-order valence-electron chi connectivity index (χ4n) is 2.15. The summed E-state index contributed by atoms with van der Waals surface area (Å²) in [5.74, 6) is 1.05. The van der Waals surface area contributed by atoms with E-state index in [0.29, 0.717) is 11.5 Å². The van der Waals surface area contributed by atoms with Gasteiger partial charge >= 0.3 is 0 Å². The summed E-state index contributed by atoms with van der Waals surface area (Å²) in [4.78, 5) is 3.89. The van der Waals surface area contributed by atoms with Crippen LogP contribution in [0.3, 0.4) is 0 Å². The van der Waals surface area contributed by atoms with Gasteiger partial charge in [0.25, 0.3) is 0 Å². The Balaban J connectivity index is 2.50. The third-order valence-electron chi connectivity index (χ3n) is 3.10. The molecule has 4 nitrogen and oxygen atoms in total. The molecule has 0 aliphatic rings. The van der Waals surface area contributed by atoms with Crippen molar-refractivity contribution in [2.75, 3.05) is 21.3 Å². The monoisotopic (exact) mass is 276 g/mol. The molecule has 20 heavy (non-hydrogen) atoms. The predicted molar refractivity (Wildman–Crippen MR) is 74.6 cm³/mol. The molecule has 0 saturated carbocycles. The lowest BCUT2D eigenvalue weighted by Crippen LogP contribution is -2.19. The minimum atomic E-state index is -0.371. The maximum absolute atomic E-state index is 13.4. The number of methoxy groups -OCH3 is 2. The van der Waals surface area contributed by atoms with E-state index in [0.717, 1.165) is 11.1 Å². The normalized spacial score (nSPS) is 12.0. The number of nitrogens with zero attached hydrogens (tertiary/aromatic N) is 1. The van der Waals surface area contributed by atoms with Gasteiger partial charge in [-0.2, -0.15) is 0 Å². The SMILES string of the molecule is CNC(c1cncc(F)c1)c1cc(OC)ccc1OC. The van der Waals surface area contributed by atoms with Crippen LogP contribution in [0.25, 0.3) is 0 Å². The van der Waals surface area contributed by atoms with Crippen LogP contribution in [0, 0.1) is 5.82 Å². The molecule has 2 aromatic rings. The molecule has 0 aliphatic carbocycles. The highest BCUT2D eigenvalue weighted by atomic mass is 19.1. The van der Waals surface area contributed by atoms with E-state index in [1.54, 1.807) is 27.5 Å². The zero-order valence-corrected chi connectivity index (χ0v) is 11.7. The van der Waals surface area contributed by atoms with E-state index in [1.165, 1.54) is 12.3 Å². The van der Waals surface area contributed by atoms with Crippen LogP contribution in [0.2, 0.25) is 0 Å². The number of rotatable bonds is 5. The van der Waals surface area contributed by atoms with Gasteiger partial charge in [-0.05, 0) is 36.9 Å². The van der Waals surface area contributed by atoms with Gasteiger partial charge in [-0.25, -0.2) is 4.39 Å². The first-order valence-corrected chi connectivity index (χ1v) is 6.19. The van der Waals surface area contributed by atoms with Crippen LogP contribution >= 0.6 is 0 Å². The fraction of sp³-hybridized carbons (Fsp3) is 0.267. The van der Waals surface area contributed by atoms with Crippen LogP contribution in [0.4, 0.5) is 4.39 Å². The molecule has 2 rings (SSSR count). The van der Waals surface area contributed by atoms with Crippen LogP contribution in [-0.2, 0) is 0 Å². The number of hydrogen-bond donors (Lipinski definition) is 1. The highest BCUT2D eigenvalue weighted by Gasteiger charge is 2.18. The number of nitrogens with one attached hydrogen (secondary N) is 1. The zero-order chi connectivity index (χ0) is 14.5. The first kappa shape index (κ1) is 14.3. The molecule has 0 aliphatic heterocycles. The van der Waals surface area contributed by atoms with Crippen molar-refractivity contribution in [2.24, 2.45) is 0 Å². The molecule has 1 atom stereocenters. The molecule has 0 amide bonds. The number of halogens is 1. The Labute approximate surface area is 117 Å². The van der Waals surface area contributed by atoms with Crippen LogP contribution < -0.4 is 14.8 Å². The summed E-state index contributed by atoms with van der Waals surface area (Å²) in [5, 5.41) is 3.15. The fourth-order valence-corrected chi connectivity index (χ4v) is 2.15. The van der Waals surface area contributed by atoms with Gasteiger partial charge in [-0.15, -0.1) is 0 Å². The van der Waals surface area contributed by atoms with Gasteiger partial charge in [0.2, 0.25) is 0 Å². The van der Waals surface area contributed by atoms with Crippen molar-refractivity contribution in [1.29, 1.82) is 0 Å². The van der Waals surface area contributed by atoms with E-state index in [1.807, 2.05) is 18.2 Å². The Morgan fingerprint density at radius 1 is 1.15 bits per heavy atom. The molecule has 5 heteroatoms. The maximum atomic E-state index is 13.4. The standard InChI is InChI=1S/C15H17FN2O2/c1-17-15(10-6-11(16)9-18-8-10)13-7-12(19-2)4-5-14(13)20-3/h4-9,15,17H,1-3H3. The van der Waals surface area contributed by atoms with Crippen LogP contribution in [0.15, 0.2) is 36.7 Å². The second-order valence-corrected chi connectivity index (χ2v) is 4.27. The summed E-state index contributed by atoms with van der Waals surface area (Å²) in [5.41, 5.74) is 1.58. The molecule has 1 unspecified atom stereocenters. The third-order valence-corrected chi connectivity index (χ3v) is 3.10. The molecule has 1 N–H and O–H groups in total. The highest BCUT2D eigenvalue weighted by Crippen LogP contribution is 2.32. The minimum absolute atomic E-state index is 0.233. The summed E-state index contributed by atoms with van der Waals surface area (Å²) in [6.07, 6.45) is 2.81. The van der Waals surface area contributed by atoms with E-state index < -0.39 is 0 Å². The van der Waals surface area contributed by atoms with Crippen molar-refractivity contribution in [2.45, 2.75) is 6.04 Å². The summed E-state index contributed by atoms with van der Waals surface area (Å²) in [7, 11) is 5.00. The lowest BCUT2D eigenvalue weighted by Gasteiger charge is -2.20. The summed E-state index contributed by atoms with van der Waals surface area (Å²) in [6.45, 7) is 0. The number of pyridine rings is 1. The van der Waals surface area contributed by atoms with Gasteiger partial charge in [0.15, 0.2) is 0 Å². The van der Waals surface area contributed by atoms with Crippen molar-refractivity contribution in [3.05, 3.63) is 53.6 Å². The third kappa shape index (κ3) is 2.88. The van der Waals surface area contributed by atoms with Crippen molar-refractivity contribution in [3.63, 3.8) is 0 Å². The Bertz CT molecular complexity index is 590. The van der Waals surface area contributed by atoms with E-state index in [-0.39, 0.29) is 11.9 Å². The van der Waals surface area contributed by atoms with Crippen molar-refractivity contribution in [3.8, 4) is 11.5 Å². The van der Waals surface area contributed by atoms with Gasteiger partial charge in [0.05, 0.1) is 26.5 Å². The number of ether oxygens (including phenoxy) is 2. The van der Waals surface area contributed by atoms with Crippen molar-refractivity contribution in [1.82, 2.24) is 10.3 Å². The quantitative estimate of drug-likeness (QED) is 0.911. The Morgan fingerprint density at radius 2 is 1.95 bits per heavy atom. The minimum Gasteiger partial charge on any atom is -0.497 e. The van der Waals surface area contributed by atoms with Crippen molar-refractivity contribution < 1.29 is 13.9 Å². The van der Waals surface area contributed by atoms with E-state index >= 15 is 0 Å². The topological polar surface area (TPSA) is 43.4 Å².